The van der Waals surface area contributed by atoms with E-state index in [9.17, 15) is 8.42 Å². The van der Waals surface area contributed by atoms with E-state index in [-0.39, 0.29) is 6.04 Å². The van der Waals surface area contributed by atoms with Crippen molar-refractivity contribution in [3.05, 3.63) is 64.7 Å². The van der Waals surface area contributed by atoms with Crippen molar-refractivity contribution in [3.63, 3.8) is 0 Å². The maximum absolute atomic E-state index is 12.0. The molecule has 0 aliphatic heterocycles. The molecule has 1 aromatic heterocycles. The summed E-state index contributed by atoms with van der Waals surface area (Å²) in [6.07, 6.45) is 5.50. The SMILES string of the molecule is Cc1cc(-c2ccc3[nH]ccc3c2)c(C)cc1/C=C/S(=O)(=O)NC1CC1. The number of H-pyrrole nitrogens is 1. The predicted molar refractivity (Wildman–Crippen MR) is 107 cm³/mol. The maximum Gasteiger partial charge on any atom is 0.233 e. The number of hydrogen-bond donors (Lipinski definition) is 2. The Labute approximate surface area is 154 Å². The molecule has 26 heavy (non-hydrogen) atoms. The molecule has 0 saturated heterocycles. The minimum Gasteiger partial charge on any atom is -0.361 e. The summed E-state index contributed by atoms with van der Waals surface area (Å²) in [6, 6.07) is 12.7. The van der Waals surface area contributed by atoms with Crippen molar-refractivity contribution in [2.24, 2.45) is 0 Å². The highest BCUT2D eigenvalue weighted by Crippen LogP contribution is 2.29. The lowest BCUT2D eigenvalue weighted by Gasteiger charge is -2.11. The van der Waals surface area contributed by atoms with Gasteiger partial charge in [0.15, 0.2) is 0 Å². The highest BCUT2D eigenvalue weighted by Gasteiger charge is 2.25. The number of hydrogen-bond acceptors (Lipinski definition) is 2. The molecule has 1 heterocycles. The lowest BCUT2D eigenvalue weighted by Crippen LogP contribution is -2.23. The molecule has 0 radical (unpaired) electrons. The summed E-state index contributed by atoms with van der Waals surface area (Å²) in [6.45, 7) is 4.07. The minimum atomic E-state index is -3.36. The van der Waals surface area contributed by atoms with E-state index in [2.05, 4.69) is 53.0 Å². The molecule has 0 unspecified atom stereocenters. The fourth-order valence-corrected chi connectivity index (χ4v) is 4.29. The van der Waals surface area contributed by atoms with Gasteiger partial charge in [-0.15, -0.1) is 0 Å². The molecule has 0 bridgehead atoms. The van der Waals surface area contributed by atoms with Gasteiger partial charge < -0.3 is 4.98 Å². The zero-order valence-corrected chi connectivity index (χ0v) is 15.7. The van der Waals surface area contributed by atoms with E-state index in [4.69, 9.17) is 0 Å². The molecule has 2 N–H and O–H groups in total. The molecule has 1 saturated carbocycles. The third-order valence-electron chi connectivity index (χ3n) is 4.81. The molecule has 0 atom stereocenters. The van der Waals surface area contributed by atoms with Crippen LogP contribution in [0.15, 0.2) is 48.0 Å². The van der Waals surface area contributed by atoms with E-state index in [0.717, 1.165) is 40.6 Å². The molecular formula is C21H22N2O2S. The van der Waals surface area contributed by atoms with Crippen molar-refractivity contribution in [3.8, 4) is 11.1 Å². The van der Waals surface area contributed by atoms with Crippen LogP contribution in [0.3, 0.4) is 0 Å². The summed E-state index contributed by atoms with van der Waals surface area (Å²) in [7, 11) is -3.36. The first-order valence-corrected chi connectivity index (χ1v) is 10.4. The number of aromatic nitrogens is 1. The van der Waals surface area contributed by atoms with Crippen molar-refractivity contribution < 1.29 is 8.42 Å². The van der Waals surface area contributed by atoms with E-state index < -0.39 is 10.0 Å². The van der Waals surface area contributed by atoms with Crippen LogP contribution in [0.1, 0.15) is 29.5 Å². The molecule has 4 nitrogen and oxygen atoms in total. The van der Waals surface area contributed by atoms with Gasteiger partial charge in [0.25, 0.3) is 0 Å². The second kappa shape index (κ2) is 6.41. The van der Waals surface area contributed by atoms with Gasteiger partial charge in [-0.1, -0.05) is 18.2 Å². The van der Waals surface area contributed by atoms with E-state index in [1.807, 2.05) is 13.1 Å². The number of benzene rings is 2. The van der Waals surface area contributed by atoms with Crippen molar-refractivity contribution in [2.75, 3.05) is 0 Å². The number of nitrogens with one attached hydrogen (secondary N) is 2. The van der Waals surface area contributed by atoms with Crippen LogP contribution in [0.4, 0.5) is 0 Å². The topological polar surface area (TPSA) is 62.0 Å². The highest BCUT2D eigenvalue weighted by atomic mass is 32.2. The first-order valence-electron chi connectivity index (χ1n) is 8.80. The van der Waals surface area contributed by atoms with Crippen molar-refractivity contribution >= 4 is 27.0 Å². The maximum atomic E-state index is 12.0. The molecule has 2 aromatic carbocycles. The quantitative estimate of drug-likeness (QED) is 0.698. The summed E-state index contributed by atoms with van der Waals surface area (Å²) in [4.78, 5) is 3.21. The summed E-state index contributed by atoms with van der Waals surface area (Å²) >= 11 is 0. The van der Waals surface area contributed by atoms with Gasteiger partial charge in [0.1, 0.15) is 0 Å². The number of aromatic amines is 1. The van der Waals surface area contributed by atoms with Crippen LogP contribution in [0.5, 0.6) is 0 Å². The Morgan fingerprint density at radius 3 is 2.65 bits per heavy atom. The molecule has 5 heteroatoms. The van der Waals surface area contributed by atoms with Gasteiger partial charge in [0.2, 0.25) is 10.0 Å². The summed E-state index contributed by atoms with van der Waals surface area (Å²) in [5, 5.41) is 2.46. The summed E-state index contributed by atoms with van der Waals surface area (Å²) < 4.78 is 26.7. The van der Waals surface area contributed by atoms with E-state index in [1.54, 1.807) is 6.08 Å². The standard InChI is InChI=1S/C21H22N2O2S/c1-14-12-20(17-3-6-21-18(13-17)7-9-22-21)15(2)11-16(14)8-10-26(24,25)23-19-4-5-19/h3,6-13,19,22-23H,4-5H2,1-2H3/b10-8+. The summed E-state index contributed by atoms with van der Waals surface area (Å²) in [5.41, 5.74) is 6.56. The van der Waals surface area contributed by atoms with Gasteiger partial charge in [-0.3, -0.25) is 0 Å². The Morgan fingerprint density at radius 1 is 1.08 bits per heavy atom. The third kappa shape index (κ3) is 3.59. The third-order valence-corrected chi connectivity index (χ3v) is 5.97. The Bertz CT molecular complexity index is 1110. The molecule has 4 rings (SSSR count). The number of rotatable bonds is 5. The van der Waals surface area contributed by atoms with Gasteiger partial charge in [-0.2, -0.15) is 0 Å². The molecule has 0 spiro atoms. The van der Waals surface area contributed by atoms with Gasteiger partial charge >= 0.3 is 0 Å². The van der Waals surface area contributed by atoms with Crippen molar-refractivity contribution in [2.45, 2.75) is 32.7 Å². The van der Waals surface area contributed by atoms with Gasteiger partial charge in [-0.05, 0) is 84.2 Å². The molecular weight excluding hydrogens is 344 g/mol. The Hall–Kier alpha value is -2.37. The van der Waals surface area contributed by atoms with Crippen LogP contribution in [0.2, 0.25) is 0 Å². The Kier molecular flexibility index (Phi) is 4.21. The van der Waals surface area contributed by atoms with E-state index in [0.29, 0.717) is 0 Å². The highest BCUT2D eigenvalue weighted by molar-refractivity contribution is 7.92. The lowest BCUT2D eigenvalue weighted by molar-refractivity contribution is 0.590. The van der Waals surface area contributed by atoms with Gasteiger partial charge in [0, 0.05) is 23.2 Å². The smallest absolute Gasteiger partial charge is 0.233 e. The second-order valence-corrected chi connectivity index (χ2v) is 8.64. The van der Waals surface area contributed by atoms with E-state index >= 15 is 0 Å². The van der Waals surface area contributed by atoms with Crippen LogP contribution >= 0.6 is 0 Å². The fraction of sp³-hybridized carbons (Fsp3) is 0.238. The molecule has 0 amide bonds. The molecule has 134 valence electrons. The number of aryl methyl sites for hydroxylation is 2. The van der Waals surface area contributed by atoms with Gasteiger partial charge in [0.05, 0.1) is 0 Å². The Balaban J connectivity index is 1.65. The van der Waals surface area contributed by atoms with Gasteiger partial charge in [-0.25, -0.2) is 13.1 Å². The molecule has 1 aliphatic rings. The minimum absolute atomic E-state index is 0.123. The van der Waals surface area contributed by atoms with Crippen molar-refractivity contribution in [1.29, 1.82) is 0 Å². The largest absolute Gasteiger partial charge is 0.361 e. The van der Waals surface area contributed by atoms with E-state index in [1.165, 1.54) is 16.4 Å². The van der Waals surface area contributed by atoms with Crippen molar-refractivity contribution in [1.82, 2.24) is 9.71 Å². The monoisotopic (exact) mass is 366 g/mol. The van der Waals surface area contributed by atoms with Crippen LogP contribution in [0.25, 0.3) is 28.1 Å². The average Bonchev–Trinajstić information content (AvgIpc) is 3.27. The average molecular weight is 366 g/mol. The zero-order chi connectivity index (χ0) is 18.3. The first kappa shape index (κ1) is 17.1. The number of sulfonamides is 1. The van der Waals surface area contributed by atoms with Crippen LogP contribution in [-0.4, -0.2) is 19.4 Å². The fourth-order valence-electron chi connectivity index (χ4n) is 3.19. The predicted octanol–water partition coefficient (Wildman–Crippen LogP) is 4.50. The Morgan fingerprint density at radius 2 is 1.88 bits per heavy atom. The van der Waals surface area contributed by atoms with Crippen LogP contribution < -0.4 is 4.72 Å². The molecule has 1 aliphatic carbocycles. The lowest BCUT2D eigenvalue weighted by atomic mass is 9.94. The number of fused-ring (bicyclic) bond motifs is 1. The van der Waals surface area contributed by atoms with Crippen LogP contribution in [0, 0.1) is 13.8 Å². The first-order chi connectivity index (χ1) is 12.4. The van der Waals surface area contributed by atoms with Crippen LogP contribution in [-0.2, 0) is 10.0 Å². The summed E-state index contributed by atoms with van der Waals surface area (Å²) in [5.74, 6) is 0. The zero-order valence-electron chi connectivity index (χ0n) is 14.9. The molecule has 3 aromatic rings. The normalized spacial score (nSPS) is 15.2. The second-order valence-electron chi connectivity index (χ2n) is 7.04. The molecule has 1 fully saturated rings.